The molecule has 0 bridgehead atoms. The van der Waals surface area contributed by atoms with Crippen LogP contribution in [0.15, 0.2) is 12.2 Å². The first-order chi connectivity index (χ1) is 8.22. The van der Waals surface area contributed by atoms with Crippen molar-refractivity contribution in [3.05, 3.63) is 12.2 Å². The van der Waals surface area contributed by atoms with Crippen molar-refractivity contribution in [1.82, 2.24) is 0 Å². The fraction of sp³-hybridized carbons (Fsp3) is 0.667. The summed E-state index contributed by atoms with van der Waals surface area (Å²) in [4.78, 5) is 21.8. The molecule has 0 saturated heterocycles. The van der Waals surface area contributed by atoms with E-state index in [2.05, 4.69) is 0 Å². The normalized spacial score (nSPS) is 34.6. The molecule has 0 radical (unpaired) electrons. The second kappa shape index (κ2) is 5.80. The zero-order valence-corrected chi connectivity index (χ0v) is 9.73. The van der Waals surface area contributed by atoms with E-state index < -0.39 is 24.4 Å². The summed E-state index contributed by atoms with van der Waals surface area (Å²) in [7, 11) is 0. The van der Waals surface area contributed by atoms with Gasteiger partial charge in [0.15, 0.2) is 0 Å². The van der Waals surface area contributed by atoms with Gasteiger partial charge in [-0.3, -0.25) is 4.79 Å². The maximum Gasteiger partial charge on any atom is 0.303 e. The van der Waals surface area contributed by atoms with Crippen LogP contribution in [0.2, 0.25) is 0 Å². The molecule has 1 aliphatic rings. The largest absolute Gasteiger partial charge is 0.456 e. The average Bonchev–Trinajstić information content (AvgIpc) is 2.21. The van der Waals surface area contributed by atoms with E-state index in [0.717, 1.165) is 0 Å². The summed E-state index contributed by atoms with van der Waals surface area (Å²) in [6.45, 7) is 4.47. The third-order valence-corrected chi connectivity index (χ3v) is 2.35. The van der Waals surface area contributed by atoms with Gasteiger partial charge in [-0.15, -0.1) is 0 Å². The van der Waals surface area contributed by atoms with E-state index >= 15 is 0 Å². The second-order valence-electron chi connectivity index (χ2n) is 3.93. The molecule has 1 heterocycles. The minimum absolute atomic E-state index is 0.114. The molecule has 90 valence electrons. The molecule has 0 aromatic carbocycles. The molecule has 0 amide bonds. The van der Waals surface area contributed by atoms with Crippen LogP contribution in [0, 0.1) is 5.89 Å². The van der Waals surface area contributed by atoms with Gasteiger partial charge in [-0.25, -0.2) is 0 Å². The van der Waals surface area contributed by atoms with Crippen molar-refractivity contribution >= 4 is 12.2 Å². The third-order valence-electron chi connectivity index (χ3n) is 2.35. The van der Waals surface area contributed by atoms with Crippen LogP contribution < -0.4 is 0 Å². The highest BCUT2D eigenvalue weighted by atomic mass is 16.6. The van der Waals surface area contributed by atoms with Crippen molar-refractivity contribution in [2.24, 2.45) is 5.89 Å². The molecule has 1 aliphatic heterocycles. The summed E-state index contributed by atoms with van der Waals surface area (Å²) in [5, 5.41) is 0. The molecule has 0 fully saturated rings. The van der Waals surface area contributed by atoms with Crippen molar-refractivity contribution < 1.29 is 21.8 Å². The Morgan fingerprint density at radius 2 is 2.44 bits per heavy atom. The Labute approximate surface area is 98.4 Å². The second-order valence-corrected chi connectivity index (χ2v) is 3.93. The standard InChI is InChI=1S/C12H18O4/c1-8(7-13)6-11-4-5-12(9(2)15-11)16-10(3)14/h4-5,7-9,11-12H,6H2,1-3H3/t8?,9-,11+,12+/m0/s1/i7D,8D. The lowest BCUT2D eigenvalue weighted by molar-refractivity contribution is -0.153. The number of carbonyl (C=O) groups excluding carboxylic acids is 2. The Morgan fingerprint density at radius 3 is 2.94 bits per heavy atom. The molecule has 0 N–H and O–H groups in total. The maximum atomic E-state index is 11.0. The van der Waals surface area contributed by atoms with E-state index in [9.17, 15) is 9.59 Å². The van der Waals surface area contributed by atoms with Gasteiger partial charge in [0, 0.05) is 14.2 Å². The molecular formula is C12H18O4. The van der Waals surface area contributed by atoms with E-state index in [4.69, 9.17) is 12.2 Å². The van der Waals surface area contributed by atoms with E-state index in [1.165, 1.54) is 13.8 Å². The Balaban J connectivity index is 2.64. The smallest absolute Gasteiger partial charge is 0.303 e. The highest BCUT2D eigenvalue weighted by Gasteiger charge is 2.26. The first-order valence-electron chi connectivity index (χ1n) is 6.24. The molecule has 1 rings (SSSR count). The fourth-order valence-electron chi connectivity index (χ4n) is 1.57. The van der Waals surface area contributed by atoms with Crippen molar-refractivity contribution in [1.29, 1.82) is 0 Å². The minimum atomic E-state index is -1.48. The summed E-state index contributed by atoms with van der Waals surface area (Å²) in [5.41, 5.74) is 0. The van der Waals surface area contributed by atoms with Crippen molar-refractivity contribution in [3.8, 4) is 0 Å². The van der Waals surface area contributed by atoms with Crippen molar-refractivity contribution in [2.75, 3.05) is 0 Å². The lowest BCUT2D eigenvalue weighted by atomic mass is 10.0. The zero-order chi connectivity index (χ0) is 13.9. The third kappa shape index (κ3) is 3.77. The zero-order valence-electron chi connectivity index (χ0n) is 11.7. The van der Waals surface area contributed by atoms with Crippen LogP contribution in [0.5, 0.6) is 0 Å². The van der Waals surface area contributed by atoms with Gasteiger partial charge in [-0.05, 0) is 19.4 Å². The number of aldehydes is 1. The molecule has 4 atom stereocenters. The van der Waals surface area contributed by atoms with E-state index in [1.54, 1.807) is 19.1 Å². The monoisotopic (exact) mass is 228 g/mol. The summed E-state index contributed by atoms with van der Waals surface area (Å²) in [6.07, 6.45) is 1.36. The molecule has 16 heavy (non-hydrogen) atoms. The molecule has 0 saturated carbocycles. The van der Waals surface area contributed by atoms with Crippen LogP contribution in [-0.2, 0) is 19.1 Å². The highest BCUT2D eigenvalue weighted by molar-refractivity contribution is 5.66. The molecule has 0 spiro atoms. The highest BCUT2D eigenvalue weighted by Crippen LogP contribution is 2.20. The Bertz CT molecular complexity index is 365. The van der Waals surface area contributed by atoms with Gasteiger partial charge in [-0.1, -0.05) is 13.0 Å². The number of carbonyl (C=O) groups is 2. The van der Waals surface area contributed by atoms with Gasteiger partial charge in [0.05, 0.1) is 12.2 Å². The lowest BCUT2D eigenvalue weighted by Crippen LogP contribution is -2.36. The SMILES string of the molecule is [2H]C(=O)C([2H])(C)C[C@H]1C=C[C@@H](OC(C)=O)[C@H](C)O1. The van der Waals surface area contributed by atoms with Crippen LogP contribution >= 0.6 is 0 Å². The van der Waals surface area contributed by atoms with Crippen LogP contribution in [0.3, 0.4) is 0 Å². The molecule has 1 unspecified atom stereocenters. The summed E-state index contributed by atoms with van der Waals surface area (Å²) in [6, 6.07) is 0. The Hall–Kier alpha value is -1.16. The van der Waals surface area contributed by atoms with Crippen LogP contribution in [0.4, 0.5) is 0 Å². The Morgan fingerprint density at radius 1 is 1.75 bits per heavy atom. The summed E-state index contributed by atoms with van der Waals surface area (Å²) in [5.74, 6) is -1.87. The van der Waals surface area contributed by atoms with E-state index in [-0.39, 0.29) is 18.5 Å². The number of hydrogen-bond donors (Lipinski definition) is 0. The summed E-state index contributed by atoms with van der Waals surface area (Å²) < 4.78 is 25.3. The lowest BCUT2D eigenvalue weighted by Gasteiger charge is -2.30. The van der Waals surface area contributed by atoms with Gasteiger partial charge < -0.3 is 14.3 Å². The first-order valence-corrected chi connectivity index (χ1v) is 5.24. The van der Waals surface area contributed by atoms with E-state index in [0.29, 0.717) is 0 Å². The number of esters is 1. The molecule has 4 heteroatoms. The number of rotatable bonds is 4. The molecular weight excluding hydrogens is 208 g/mol. The summed E-state index contributed by atoms with van der Waals surface area (Å²) >= 11 is 0. The minimum Gasteiger partial charge on any atom is -0.456 e. The van der Waals surface area contributed by atoms with E-state index in [1.807, 2.05) is 0 Å². The molecule has 4 nitrogen and oxygen atoms in total. The predicted octanol–water partition coefficient (Wildman–Crippen LogP) is 1.49. The fourth-order valence-corrected chi connectivity index (χ4v) is 1.57. The molecule has 0 aliphatic carbocycles. The van der Waals surface area contributed by atoms with Crippen molar-refractivity contribution in [3.63, 3.8) is 0 Å². The van der Waals surface area contributed by atoms with Crippen LogP contribution in [-0.4, -0.2) is 30.5 Å². The van der Waals surface area contributed by atoms with Gasteiger partial charge in [0.1, 0.15) is 13.7 Å². The van der Waals surface area contributed by atoms with Gasteiger partial charge >= 0.3 is 5.97 Å². The molecule has 0 aromatic rings. The quantitative estimate of drug-likeness (QED) is 0.415. The number of ether oxygens (including phenoxy) is 2. The molecule has 0 aromatic heterocycles. The van der Waals surface area contributed by atoms with Crippen LogP contribution in [0.1, 0.15) is 29.9 Å². The first kappa shape index (κ1) is 10.0. The van der Waals surface area contributed by atoms with Gasteiger partial charge in [0.2, 0.25) is 0 Å². The number of hydrogen-bond acceptors (Lipinski definition) is 4. The average molecular weight is 228 g/mol. The maximum absolute atomic E-state index is 11.0. The van der Waals surface area contributed by atoms with Crippen LogP contribution in [0.25, 0.3) is 0 Å². The van der Waals surface area contributed by atoms with Crippen molar-refractivity contribution in [2.45, 2.75) is 45.5 Å². The van der Waals surface area contributed by atoms with Gasteiger partial charge in [0.25, 0.3) is 0 Å². The predicted molar refractivity (Wildman–Crippen MR) is 58.9 cm³/mol. The van der Waals surface area contributed by atoms with Gasteiger partial charge in [-0.2, -0.15) is 0 Å². The topological polar surface area (TPSA) is 52.6 Å². The Kier molecular flexibility index (Phi) is 3.63.